The molecule has 0 amide bonds. The second-order valence-electron chi connectivity index (χ2n) is 10.1. The third kappa shape index (κ3) is 18.0. The second kappa shape index (κ2) is 19.3. The molecule has 0 aromatic carbocycles. The quantitative estimate of drug-likeness (QED) is 0.0763. The molecule has 0 aliphatic carbocycles. The molecule has 0 saturated heterocycles. The first kappa shape index (κ1) is 30.9. The maximum absolute atomic E-state index is 12.6. The van der Waals surface area contributed by atoms with Gasteiger partial charge in [0.1, 0.15) is 0 Å². The summed E-state index contributed by atoms with van der Waals surface area (Å²) in [6.07, 6.45) is 25.5. The van der Waals surface area contributed by atoms with Crippen molar-refractivity contribution in [1.29, 1.82) is 0 Å². The van der Waals surface area contributed by atoms with E-state index in [1.807, 2.05) is 28.1 Å². The van der Waals surface area contributed by atoms with Gasteiger partial charge in [-0.2, -0.15) is 0 Å². The molecule has 0 heterocycles. The van der Waals surface area contributed by atoms with Gasteiger partial charge in [0.05, 0.1) is 27.7 Å². The zero-order valence-corrected chi connectivity index (χ0v) is 22.5. The number of nitrogens with zero attached hydrogens (tertiary/aromatic N) is 1. The lowest BCUT2D eigenvalue weighted by Crippen LogP contribution is -2.45. The van der Waals surface area contributed by atoms with Crippen LogP contribution in [-0.4, -0.2) is 42.9 Å². The van der Waals surface area contributed by atoms with Gasteiger partial charge >= 0.3 is 7.60 Å². The van der Waals surface area contributed by atoms with Crippen LogP contribution >= 0.6 is 7.60 Å². The lowest BCUT2D eigenvalue weighted by Gasteiger charge is -2.35. The average molecular weight is 461 g/mol. The minimum atomic E-state index is -3.58. The van der Waals surface area contributed by atoms with E-state index in [2.05, 4.69) is 19.1 Å². The van der Waals surface area contributed by atoms with E-state index in [-0.39, 0.29) is 5.78 Å². The molecule has 0 radical (unpaired) electrons. The van der Waals surface area contributed by atoms with Gasteiger partial charge in [0, 0.05) is 6.42 Å². The summed E-state index contributed by atoms with van der Waals surface area (Å²) in [5.74, 6) is -0.344. The highest BCUT2D eigenvalue weighted by molar-refractivity contribution is 7.53. The first-order valence-electron chi connectivity index (χ1n) is 13.2. The maximum Gasteiger partial charge on any atom is 0.385 e. The molecule has 1 N–H and O–H groups in total. The number of hydrogen-bond donors (Lipinski definition) is 1. The van der Waals surface area contributed by atoms with Crippen molar-refractivity contribution in [2.24, 2.45) is 0 Å². The van der Waals surface area contributed by atoms with Crippen LogP contribution < -0.4 is 0 Å². The Kier molecular flexibility index (Phi) is 19.2. The summed E-state index contributed by atoms with van der Waals surface area (Å²) in [7, 11) is 2.32. The van der Waals surface area contributed by atoms with Crippen molar-refractivity contribution < 1.29 is 18.5 Å². The Balaban J connectivity index is 3.60. The second-order valence-corrected chi connectivity index (χ2v) is 12.1. The molecule has 0 aliphatic rings. The molecule has 0 aliphatic heterocycles. The van der Waals surface area contributed by atoms with Gasteiger partial charge in [-0.15, -0.1) is 0 Å². The first-order chi connectivity index (χ1) is 14.8. The lowest BCUT2D eigenvalue weighted by atomic mass is 10.1. The minimum absolute atomic E-state index is 0.344. The molecule has 4 nitrogen and oxygen atoms in total. The molecular formula is C26H55NO3P+. The van der Waals surface area contributed by atoms with E-state index in [9.17, 15) is 9.46 Å². The Labute approximate surface area is 195 Å². The van der Waals surface area contributed by atoms with Crippen molar-refractivity contribution in [2.45, 2.75) is 129 Å². The summed E-state index contributed by atoms with van der Waals surface area (Å²) >= 11 is 0. The molecule has 0 aromatic heterocycles. The number of unbranched alkanes of at least 4 members (excludes halogenated alkanes) is 13. The van der Waals surface area contributed by atoms with E-state index in [0.29, 0.717) is 17.5 Å². The predicted molar refractivity (Wildman–Crippen MR) is 137 cm³/mol. The number of hydrogen-bond acceptors (Lipinski definition) is 2. The zero-order valence-electron chi connectivity index (χ0n) is 21.6. The fourth-order valence-corrected chi connectivity index (χ4v) is 6.08. The van der Waals surface area contributed by atoms with Crippen molar-refractivity contribution >= 4 is 7.60 Å². The van der Waals surface area contributed by atoms with Crippen molar-refractivity contribution in [3.8, 4) is 0 Å². The van der Waals surface area contributed by atoms with Crippen LogP contribution in [0.5, 0.6) is 0 Å². The molecule has 0 fully saturated rings. The van der Waals surface area contributed by atoms with E-state index in [0.717, 1.165) is 25.7 Å². The van der Waals surface area contributed by atoms with Crippen molar-refractivity contribution in [2.75, 3.05) is 27.7 Å². The number of allylic oxidation sites excluding steroid dienone is 2. The van der Waals surface area contributed by atoms with Crippen molar-refractivity contribution in [3.63, 3.8) is 0 Å². The topological polar surface area (TPSA) is 46.5 Å². The number of quaternary nitrogens is 1. The normalized spacial score (nSPS) is 15.4. The van der Waals surface area contributed by atoms with Crippen LogP contribution in [0.3, 0.4) is 0 Å². The predicted octanol–water partition coefficient (Wildman–Crippen LogP) is 8.45. The molecular weight excluding hydrogens is 405 g/mol. The Bertz CT molecular complexity index is 474. The highest BCUT2D eigenvalue weighted by Crippen LogP contribution is 2.51. The summed E-state index contributed by atoms with van der Waals surface area (Å²) in [5, 5.41) is 0. The Morgan fingerprint density at radius 1 is 0.742 bits per heavy atom. The van der Waals surface area contributed by atoms with Gasteiger partial charge in [-0.05, 0) is 38.5 Å². The zero-order chi connectivity index (χ0) is 23.4. The van der Waals surface area contributed by atoms with Crippen LogP contribution in [0.15, 0.2) is 12.2 Å². The van der Waals surface area contributed by atoms with E-state index in [1.165, 1.54) is 77.0 Å². The standard InChI is InChI=1S/C26H54NO3P/c1-6-8-9-10-11-12-13-14-15-16-17-18-19-20-21-22-23-25-30-31(28,29)26(24-7-2)27(3,4)5/h19-20,26H,6-18,21-25H2,1-5H3/p+1. The highest BCUT2D eigenvalue weighted by Gasteiger charge is 2.41. The van der Waals surface area contributed by atoms with Gasteiger partial charge in [-0.1, -0.05) is 90.2 Å². The monoisotopic (exact) mass is 460 g/mol. The SMILES string of the molecule is CCCCCCCCCCCCCC=CCCCCOP(=O)(O)C(CCC)[N+](C)(C)C. The molecule has 5 heteroatoms. The molecule has 0 bridgehead atoms. The van der Waals surface area contributed by atoms with E-state index in [1.54, 1.807) is 0 Å². The van der Waals surface area contributed by atoms with Gasteiger partial charge in [0.2, 0.25) is 0 Å². The van der Waals surface area contributed by atoms with Crippen LogP contribution in [0.1, 0.15) is 123 Å². The van der Waals surface area contributed by atoms with Crippen molar-refractivity contribution in [3.05, 3.63) is 12.2 Å². The fourth-order valence-electron chi connectivity index (χ4n) is 4.05. The third-order valence-electron chi connectivity index (χ3n) is 6.00. The van der Waals surface area contributed by atoms with Crippen LogP contribution in [0.25, 0.3) is 0 Å². The lowest BCUT2D eigenvalue weighted by molar-refractivity contribution is -0.883. The highest BCUT2D eigenvalue weighted by atomic mass is 31.2. The third-order valence-corrected chi connectivity index (χ3v) is 8.26. The molecule has 0 rings (SSSR count). The van der Waals surface area contributed by atoms with Crippen molar-refractivity contribution in [1.82, 2.24) is 0 Å². The number of rotatable bonds is 22. The molecule has 186 valence electrons. The van der Waals surface area contributed by atoms with Crippen LogP contribution in [0.2, 0.25) is 0 Å². The molecule has 0 saturated carbocycles. The Morgan fingerprint density at radius 2 is 1.19 bits per heavy atom. The summed E-state index contributed by atoms with van der Waals surface area (Å²) < 4.78 is 18.6. The minimum Gasteiger partial charge on any atom is -0.320 e. The van der Waals surface area contributed by atoms with Crippen LogP contribution in [0, 0.1) is 0 Å². The average Bonchev–Trinajstić information content (AvgIpc) is 2.70. The molecule has 0 aromatic rings. The van der Waals surface area contributed by atoms with Gasteiger partial charge < -0.3 is 13.9 Å². The Hall–Kier alpha value is -0.150. The van der Waals surface area contributed by atoms with Gasteiger partial charge in [-0.25, -0.2) is 0 Å². The summed E-state index contributed by atoms with van der Waals surface area (Å²) in [6.45, 7) is 4.70. The summed E-state index contributed by atoms with van der Waals surface area (Å²) in [5.41, 5.74) is 0. The molecule has 2 unspecified atom stereocenters. The molecule has 0 spiro atoms. The molecule has 2 atom stereocenters. The van der Waals surface area contributed by atoms with Crippen LogP contribution in [-0.2, 0) is 9.09 Å². The summed E-state index contributed by atoms with van der Waals surface area (Å²) in [4.78, 5) is 10.4. The maximum atomic E-state index is 12.6. The van der Waals surface area contributed by atoms with E-state index in [4.69, 9.17) is 4.52 Å². The van der Waals surface area contributed by atoms with E-state index >= 15 is 0 Å². The smallest absolute Gasteiger partial charge is 0.320 e. The fraction of sp³-hybridized carbons (Fsp3) is 0.923. The van der Waals surface area contributed by atoms with Crippen LogP contribution in [0.4, 0.5) is 0 Å². The summed E-state index contributed by atoms with van der Waals surface area (Å²) in [6, 6.07) is 0. The van der Waals surface area contributed by atoms with Gasteiger partial charge in [0.15, 0.2) is 5.78 Å². The Morgan fingerprint density at radius 3 is 1.65 bits per heavy atom. The largest absolute Gasteiger partial charge is 0.385 e. The van der Waals surface area contributed by atoms with E-state index < -0.39 is 7.60 Å². The first-order valence-corrected chi connectivity index (χ1v) is 14.8. The molecule has 31 heavy (non-hydrogen) atoms. The van der Waals surface area contributed by atoms with Gasteiger partial charge in [-0.3, -0.25) is 4.57 Å². The van der Waals surface area contributed by atoms with Gasteiger partial charge in [0.25, 0.3) is 0 Å².